The van der Waals surface area contributed by atoms with Crippen molar-refractivity contribution in [2.24, 2.45) is 0 Å². The van der Waals surface area contributed by atoms with Gasteiger partial charge in [0.15, 0.2) is 11.2 Å². The van der Waals surface area contributed by atoms with Crippen LogP contribution in [0.1, 0.15) is 47.2 Å². The van der Waals surface area contributed by atoms with E-state index in [2.05, 4.69) is 38.9 Å². The lowest BCUT2D eigenvalue weighted by Crippen LogP contribution is -2.51. The number of aromatic nitrogens is 3. The highest BCUT2D eigenvalue weighted by Crippen LogP contribution is 2.39. The molecule has 13 heteroatoms. The van der Waals surface area contributed by atoms with E-state index in [-0.39, 0.29) is 36.3 Å². The number of fused-ring (bicyclic) bond motifs is 2. The largest absolute Gasteiger partial charge is 0.367 e. The number of amides is 2. The standard InChI is InChI=1S/C32H32ClF2N7O2S/c1-3-39-7-8-40(14-18(39)2)26-5-4-19(11-24(26)33)20-10-22-23(25(35)12-20)16-42(31(22)44)29(30(43)38-32-36-6-9-45-32)28-27-13-21(34)15-41(27)17-37-28/h4-6,9-12,17-18,21,29H,3,7-8,13-16H2,1-2H3,(H,36,38,43). The summed E-state index contributed by atoms with van der Waals surface area (Å²) in [6, 6.07) is 7.88. The summed E-state index contributed by atoms with van der Waals surface area (Å²) in [6.45, 7) is 8.02. The highest BCUT2D eigenvalue weighted by molar-refractivity contribution is 7.13. The molecule has 0 aliphatic carbocycles. The second-order valence-corrected chi connectivity index (χ2v) is 13.1. The Bertz CT molecular complexity index is 1780. The molecule has 0 radical (unpaired) electrons. The molecule has 1 saturated heterocycles. The minimum atomic E-state index is -1.21. The quantitative estimate of drug-likeness (QED) is 0.282. The Balaban J connectivity index is 1.19. The Morgan fingerprint density at radius 1 is 1.18 bits per heavy atom. The second kappa shape index (κ2) is 11.8. The lowest BCUT2D eigenvalue weighted by Gasteiger charge is -2.40. The molecular formula is C32H32ClF2N7O2S. The normalized spacial score (nSPS) is 20.4. The van der Waals surface area contributed by atoms with Crippen molar-refractivity contribution in [2.45, 2.75) is 51.6 Å². The van der Waals surface area contributed by atoms with Gasteiger partial charge in [-0.1, -0.05) is 24.6 Å². The third kappa shape index (κ3) is 5.38. The zero-order valence-electron chi connectivity index (χ0n) is 24.8. The van der Waals surface area contributed by atoms with Crippen molar-refractivity contribution in [3.63, 3.8) is 0 Å². The van der Waals surface area contributed by atoms with Gasteiger partial charge < -0.3 is 14.4 Å². The van der Waals surface area contributed by atoms with Crippen LogP contribution in [0.4, 0.5) is 19.6 Å². The van der Waals surface area contributed by atoms with Crippen molar-refractivity contribution in [3.05, 3.63) is 81.6 Å². The number of imidazole rings is 1. The molecule has 2 aromatic carbocycles. The number of alkyl halides is 1. The number of nitrogens with zero attached hydrogens (tertiary/aromatic N) is 6. The van der Waals surface area contributed by atoms with E-state index in [1.807, 2.05) is 12.1 Å². The fourth-order valence-corrected chi connectivity index (χ4v) is 7.61. The van der Waals surface area contributed by atoms with Crippen LogP contribution in [0.25, 0.3) is 11.1 Å². The maximum absolute atomic E-state index is 15.7. The van der Waals surface area contributed by atoms with Crippen molar-refractivity contribution in [1.29, 1.82) is 0 Å². The van der Waals surface area contributed by atoms with E-state index in [4.69, 9.17) is 11.6 Å². The zero-order chi connectivity index (χ0) is 31.4. The summed E-state index contributed by atoms with van der Waals surface area (Å²) >= 11 is 8.01. The van der Waals surface area contributed by atoms with E-state index < -0.39 is 29.8 Å². The van der Waals surface area contributed by atoms with Crippen LogP contribution in [0.3, 0.4) is 0 Å². The van der Waals surface area contributed by atoms with Crippen LogP contribution in [0, 0.1) is 5.82 Å². The van der Waals surface area contributed by atoms with Gasteiger partial charge >= 0.3 is 0 Å². The van der Waals surface area contributed by atoms with Gasteiger partial charge in [0.1, 0.15) is 12.0 Å². The molecule has 5 heterocycles. The van der Waals surface area contributed by atoms with Crippen molar-refractivity contribution < 1.29 is 18.4 Å². The van der Waals surface area contributed by atoms with Gasteiger partial charge in [-0.05, 0) is 48.9 Å². The molecule has 0 spiro atoms. The monoisotopic (exact) mass is 651 g/mol. The highest BCUT2D eigenvalue weighted by atomic mass is 35.5. The molecule has 0 saturated carbocycles. The maximum atomic E-state index is 15.7. The van der Waals surface area contributed by atoms with Crippen molar-refractivity contribution in [1.82, 2.24) is 24.3 Å². The topological polar surface area (TPSA) is 86.6 Å². The number of hydrogen-bond donors (Lipinski definition) is 1. The average Bonchev–Trinajstić information content (AvgIpc) is 3.80. The number of likely N-dealkylation sites (N-methyl/N-ethyl adjacent to an activating group) is 1. The molecule has 3 aliphatic heterocycles. The molecule has 3 unspecified atom stereocenters. The molecule has 2 aromatic heterocycles. The minimum absolute atomic E-state index is 0.0772. The van der Waals surface area contributed by atoms with Crippen LogP contribution in [-0.2, 0) is 24.3 Å². The number of halogens is 3. The molecule has 2 amide bonds. The first-order valence-electron chi connectivity index (χ1n) is 15.0. The van der Waals surface area contributed by atoms with Crippen molar-refractivity contribution in [3.8, 4) is 11.1 Å². The van der Waals surface area contributed by atoms with Gasteiger partial charge in [0.05, 0.1) is 35.8 Å². The highest BCUT2D eigenvalue weighted by Gasteiger charge is 2.43. The summed E-state index contributed by atoms with van der Waals surface area (Å²) in [4.78, 5) is 42.2. The summed E-state index contributed by atoms with van der Waals surface area (Å²) in [6.07, 6.45) is 2.00. The fraction of sp³-hybridized carbons (Fsp3) is 0.375. The number of anilines is 2. The Hall–Kier alpha value is -3.87. The lowest BCUT2D eigenvalue weighted by molar-refractivity contribution is -0.121. The molecule has 234 valence electrons. The SMILES string of the molecule is CCN1CCN(c2ccc(-c3cc(F)c4c(c3)C(=O)N(C(C(=O)Nc3nccs3)c3ncn5c3CC(F)C5)C4)cc2Cl)CC1C. The predicted octanol–water partition coefficient (Wildman–Crippen LogP) is 5.56. The lowest BCUT2D eigenvalue weighted by atomic mass is 9.99. The third-order valence-corrected chi connectivity index (χ3v) is 10.1. The molecule has 7 rings (SSSR count). The van der Waals surface area contributed by atoms with Gasteiger partial charge in [-0.3, -0.25) is 19.8 Å². The fourth-order valence-electron chi connectivity index (χ4n) is 6.78. The molecular weight excluding hydrogens is 620 g/mol. The molecule has 9 nitrogen and oxygen atoms in total. The first-order chi connectivity index (χ1) is 21.7. The number of rotatable bonds is 7. The van der Waals surface area contributed by atoms with Gasteiger partial charge in [0.25, 0.3) is 11.8 Å². The summed E-state index contributed by atoms with van der Waals surface area (Å²) < 4.78 is 31.7. The van der Waals surface area contributed by atoms with Crippen molar-refractivity contribution in [2.75, 3.05) is 36.4 Å². The molecule has 1 N–H and O–H groups in total. The summed E-state index contributed by atoms with van der Waals surface area (Å²) in [7, 11) is 0. The van der Waals surface area contributed by atoms with E-state index in [1.165, 1.54) is 28.6 Å². The van der Waals surface area contributed by atoms with Gasteiger partial charge in [-0.15, -0.1) is 11.3 Å². The Kier molecular flexibility index (Phi) is 7.83. The van der Waals surface area contributed by atoms with Crippen LogP contribution in [0.5, 0.6) is 0 Å². The predicted molar refractivity (Wildman–Crippen MR) is 170 cm³/mol. The number of hydrogen-bond acceptors (Lipinski definition) is 7. The second-order valence-electron chi connectivity index (χ2n) is 11.8. The Morgan fingerprint density at radius 2 is 2.02 bits per heavy atom. The maximum Gasteiger partial charge on any atom is 0.255 e. The number of carbonyl (C=O) groups is 2. The van der Waals surface area contributed by atoms with E-state index in [0.717, 1.165) is 31.9 Å². The van der Waals surface area contributed by atoms with E-state index in [0.29, 0.717) is 33.0 Å². The Morgan fingerprint density at radius 3 is 2.76 bits per heavy atom. The van der Waals surface area contributed by atoms with Crippen LogP contribution in [0.2, 0.25) is 5.02 Å². The summed E-state index contributed by atoms with van der Waals surface area (Å²) in [5.41, 5.74) is 3.29. The number of thiazole rings is 1. The summed E-state index contributed by atoms with van der Waals surface area (Å²) in [5, 5.41) is 5.37. The molecule has 4 aromatic rings. The van der Waals surface area contributed by atoms with E-state index >= 15 is 4.39 Å². The molecule has 0 bridgehead atoms. The van der Waals surface area contributed by atoms with E-state index in [1.54, 1.807) is 28.3 Å². The minimum Gasteiger partial charge on any atom is -0.367 e. The van der Waals surface area contributed by atoms with E-state index in [9.17, 15) is 14.0 Å². The number of nitrogens with one attached hydrogen (secondary N) is 1. The molecule has 3 atom stereocenters. The molecule has 1 fully saturated rings. The van der Waals surface area contributed by atoms with Crippen LogP contribution in [0.15, 0.2) is 48.2 Å². The number of carbonyl (C=O) groups excluding carboxylic acids is 2. The third-order valence-electron chi connectivity index (χ3n) is 9.08. The Labute approximate surface area is 268 Å². The number of benzene rings is 2. The average molecular weight is 652 g/mol. The molecule has 3 aliphatic rings. The number of piperazine rings is 1. The summed E-state index contributed by atoms with van der Waals surface area (Å²) in [5.74, 6) is -1.61. The van der Waals surface area contributed by atoms with Gasteiger partial charge in [-0.25, -0.2) is 18.7 Å². The van der Waals surface area contributed by atoms with Gasteiger partial charge in [-0.2, -0.15) is 0 Å². The van der Waals surface area contributed by atoms with Gasteiger partial charge in [0.2, 0.25) is 0 Å². The zero-order valence-corrected chi connectivity index (χ0v) is 26.4. The molecule has 45 heavy (non-hydrogen) atoms. The van der Waals surface area contributed by atoms with Crippen LogP contribution < -0.4 is 10.2 Å². The first-order valence-corrected chi connectivity index (χ1v) is 16.3. The van der Waals surface area contributed by atoms with Crippen molar-refractivity contribution >= 4 is 45.6 Å². The first kappa shape index (κ1) is 29.8. The van der Waals surface area contributed by atoms with Gasteiger partial charge in [0, 0.05) is 60.5 Å². The van der Waals surface area contributed by atoms with Crippen LogP contribution in [-0.4, -0.2) is 74.5 Å². The van der Waals surface area contributed by atoms with Crippen LogP contribution >= 0.6 is 22.9 Å². The smallest absolute Gasteiger partial charge is 0.255 e.